The quantitative estimate of drug-likeness (QED) is 0.289. The Bertz CT molecular complexity index is 1180. The third-order valence-electron chi connectivity index (χ3n) is 5.41. The van der Waals surface area contributed by atoms with Crippen molar-refractivity contribution in [2.75, 3.05) is 27.1 Å². The highest BCUT2D eigenvalue weighted by atomic mass is 32.2. The first-order valence-electron chi connectivity index (χ1n) is 10.0. The van der Waals surface area contributed by atoms with Gasteiger partial charge in [-0.15, -0.1) is 11.3 Å². The van der Waals surface area contributed by atoms with Gasteiger partial charge < -0.3 is 14.2 Å². The van der Waals surface area contributed by atoms with Crippen molar-refractivity contribution < 1.29 is 19.0 Å². The number of carbonyl (C=O) groups is 1. The first-order valence-corrected chi connectivity index (χ1v) is 11.8. The molecule has 1 aliphatic carbocycles. The average Bonchev–Trinajstić information content (AvgIpc) is 3.37. The number of ether oxygens (including phenoxy) is 3. The van der Waals surface area contributed by atoms with Gasteiger partial charge in [-0.3, -0.25) is 14.2 Å². The molecule has 164 valence electrons. The number of thiophene rings is 1. The summed E-state index contributed by atoms with van der Waals surface area (Å²) in [5.41, 5.74) is 2.14. The maximum Gasteiger partial charge on any atom is 0.316 e. The number of thioether (sulfide) groups is 1. The van der Waals surface area contributed by atoms with Gasteiger partial charge in [-0.05, 0) is 48.9 Å². The van der Waals surface area contributed by atoms with Crippen LogP contribution in [0, 0.1) is 0 Å². The third kappa shape index (κ3) is 4.29. The van der Waals surface area contributed by atoms with Crippen LogP contribution in [0.3, 0.4) is 0 Å². The van der Waals surface area contributed by atoms with E-state index < -0.39 is 0 Å². The van der Waals surface area contributed by atoms with E-state index in [-0.39, 0.29) is 17.3 Å². The van der Waals surface area contributed by atoms with Crippen LogP contribution in [0.15, 0.2) is 28.2 Å². The lowest BCUT2D eigenvalue weighted by atomic mass is 10.1. The standard InChI is InChI=1S/C22H24N2O5S2/c1-27-15-8-7-13(11-16(15)28-2)9-10-24-21(26)19-14-5-4-6-17(14)31-20(19)23-22(24)30-12-18(25)29-3/h7-8,11H,4-6,9-10,12H2,1-3H3. The number of hydrogen-bond donors (Lipinski definition) is 0. The highest BCUT2D eigenvalue weighted by Crippen LogP contribution is 2.35. The summed E-state index contributed by atoms with van der Waals surface area (Å²) < 4.78 is 17.1. The Hall–Kier alpha value is -2.52. The second kappa shape index (κ2) is 9.32. The molecule has 0 N–H and O–H groups in total. The molecule has 1 aliphatic rings. The van der Waals surface area contributed by atoms with Gasteiger partial charge >= 0.3 is 5.97 Å². The molecule has 2 heterocycles. The van der Waals surface area contributed by atoms with Crippen molar-refractivity contribution in [3.63, 3.8) is 0 Å². The van der Waals surface area contributed by atoms with E-state index in [1.165, 1.54) is 23.7 Å². The molecule has 0 spiro atoms. The number of esters is 1. The van der Waals surface area contributed by atoms with Gasteiger partial charge in [0.15, 0.2) is 16.7 Å². The Morgan fingerprint density at radius 1 is 1.19 bits per heavy atom. The van der Waals surface area contributed by atoms with Crippen LogP contribution in [0.5, 0.6) is 11.5 Å². The van der Waals surface area contributed by atoms with Gasteiger partial charge in [-0.1, -0.05) is 17.8 Å². The zero-order valence-electron chi connectivity index (χ0n) is 17.7. The molecule has 0 fully saturated rings. The van der Waals surface area contributed by atoms with E-state index in [2.05, 4.69) is 0 Å². The van der Waals surface area contributed by atoms with E-state index in [1.807, 2.05) is 18.2 Å². The number of nitrogens with zero attached hydrogens (tertiary/aromatic N) is 2. The maximum absolute atomic E-state index is 13.5. The predicted octanol–water partition coefficient (Wildman–Crippen LogP) is 3.47. The minimum absolute atomic E-state index is 0.0303. The molecule has 0 unspecified atom stereocenters. The van der Waals surface area contributed by atoms with Gasteiger partial charge in [0.25, 0.3) is 5.56 Å². The monoisotopic (exact) mass is 460 g/mol. The van der Waals surface area contributed by atoms with E-state index in [4.69, 9.17) is 19.2 Å². The smallest absolute Gasteiger partial charge is 0.316 e. The fourth-order valence-electron chi connectivity index (χ4n) is 3.83. The van der Waals surface area contributed by atoms with Crippen LogP contribution in [-0.2, 0) is 35.3 Å². The van der Waals surface area contributed by atoms with Gasteiger partial charge in [0, 0.05) is 11.4 Å². The van der Waals surface area contributed by atoms with Crippen molar-refractivity contribution >= 4 is 39.3 Å². The van der Waals surface area contributed by atoms with E-state index in [0.717, 1.165) is 40.6 Å². The van der Waals surface area contributed by atoms with Gasteiger partial charge in [0.05, 0.1) is 32.5 Å². The van der Waals surface area contributed by atoms with Crippen molar-refractivity contribution in [1.29, 1.82) is 0 Å². The summed E-state index contributed by atoms with van der Waals surface area (Å²) in [5.74, 6) is 1.07. The Kier molecular flexibility index (Phi) is 6.52. The molecule has 0 atom stereocenters. The van der Waals surface area contributed by atoms with Crippen LogP contribution >= 0.6 is 23.1 Å². The van der Waals surface area contributed by atoms with E-state index >= 15 is 0 Å². The van der Waals surface area contributed by atoms with Gasteiger partial charge in [-0.25, -0.2) is 4.98 Å². The van der Waals surface area contributed by atoms with Crippen molar-refractivity contribution in [3.05, 3.63) is 44.6 Å². The highest BCUT2D eigenvalue weighted by Gasteiger charge is 2.23. The lowest BCUT2D eigenvalue weighted by Crippen LogP contribution is -2.25. The number of rotatable bonds is 8. The van der Waals surface area contributed by atoms with E-state index in [1.54, 1.807) is 30.1 Å². The van der Waals surface area contributed by atoms with Crippen molar-refractivity contribution in [2.24, 2.45) is 0 Å². The van der Waals surface area contributed by atoms with E-state index in [0.29, 0.717) is 29.6 Å². The highest BCUT2D eigenvalue weighted by molar-refractivity contribution is 7.99. The van der Waals surface area contributed by atoms with Crippen LogP contribution in [0.25, 0.3) is 10.2 Å². The first kappa shape index (κ1) is 21.7. The Balaban J connectivity index is 1.69. The normalized spacial score (nSPS) is 12.7. The molecule has 3 aromatic rings. The molecule has 0 aliphatic heterocycles. The number of benzene rings is 1. The van der Waals surface area contributed by atoms with E-state index in [9.17, 15) is 9.59 Å². The number of aromatic nitrogens is 2. The molecule has 4 rings (SSSR count). The Morgan fingerprint density at radius 2 is 2.00 bits per heavy atom. The zero-order valence-corrected chi connectivity index (χ0v) is 19.4. The van der Waals surface area contributed by atoms with Crippen LogP contribution in [0.2, 0.25) is 0 Å². The molecule has 7 nitrogen and oxygen atoms in total. The SMILES string of the molecule is COC(=O)CSc1nc2sc3c(c2c(=O)n1CCc1ccc(OC)c(OC)c1)CCC3. The summed E-state index contributed by atoms with van der Waals surface area (Å²) in [5, 5.41) is 1.29. The topological polar surface area (TPSA) is 79.7 Å². The molecular formula is C22H24N2O5S2. The third-order valence-corrected chi connectivity index (χ3v) is 7.54. The molecule has 0 radical (unpaired) electrons. The number of methoxy groups -OCH3 is 3. The molecule has 2 aromatic heterocycles. The van der Waals surface area contributed by atoms with Crippen molar-refractivity contribution in [1.82, 2.24) is 9.55 Å². The second-order valence-electron chi connectivity index (χ2n) is 7.19. The number of carbonyl (C=O) groups excluding carboxylic acids is 1. The zero-order chi connectivity index (χ0) is 22.0. The molecule has 0 amide bonds. The number of fused-ring (bicyclic) bond motifs is 3. The predicted molar refractivity (Wildman–Crippen MR) is 122 cm³/mol. The average molecular weight is 461 g/mol. The van der Waals surface area contributed by atoms with Gasteiger partial charge in [0.1, 0.15) is 4.83 Å². The largest absolute Gasteiger partial charge is 0.493 e. The summed E-state index contributed by atoms with van der Waals surface area (Å²) >= 11 is 2.84. The first-order chi connectivity index (χ1) is 15.0. The second-order valence-corrected chi connectivity index (χ2v) is 9.22. The van der Waals surface area contributed by atoms with Crippen LogP contribution < -0.4 is 15.0 Å². The molecule has 9 heteroatoms. The summed E-state index contributed by atoms with van der Waals surface area (Å²) in [6.07, 6.45) is 3.63. The summed E-state index contributed by atoms with van der Waals surface area (Å²) in [4.78, 5) is 32.0. The summed E-state index contributed by atoms with van der Waals surface area (Å²) in [6.45, 7) is 0.450. The molecular weight excluding hydrogens is 436 g/mol. The molecule has 0 saturated carbocycles. The van der Waals surface area contributed by atoms with Crippen LogP contribution in [-0.4, -0.2) is 42.6 Å². The lowest BCUT2D eigenvalue weighted by molar-refractivity contribution is -0.137. The van der Waals surface area contributed by atoms with Crippen LogP contribution in [0.4, 0.5) is 0 Å². The Labute approximate surface area is 188 Å². The fourth-order valence-corrected chi connectivity index (χ4v) is 5.99. The maximum atomic E-state index is 13.5. The molecule has 1 aromatic carbocycles. The van der Waals surface area contributed by atoms with Crippen molar-refractivity contribution in [3.8, 4) is 11.5 Å². The minimum Gasteiger partial charge on any atom is -0.493 e. The van der Waals surface area contributed by atoms with Gasteiger partial charge in [-0.2, -0.15) is 0 Å². The molecule has 0 saturated heterocycles. The van der Waals surface area contributed by atoms with Crippen LogP contribution in [0.1, 0.15) is 22.4 Å². The van der Waals surface area contributed by atoms with Gasteiger partial charge in [0.2, 0.25) is 0 Å². The number of aryl methyl sites for hydroxylation is 3. The van der Waals surface area contributed by atoms with Crippen molar-refractivity contribution in [2.45, 2.75) is 37.4 Å². The lowest BCUT2D eigenvalue weighted by Gasteiger charge is -2.13. The molecule has 31 heavy (non-hydrogen) atoms. The summed E-state index contributed by atoms with van der Waals surface area (Å²) in [6, 6.07) is 5.73. The molecule has 0 bridgehead atoms. The number of hydrogen-bond acceptors (Lipinski definition) is 8. The fraction of sp³-hybridized carbons (Fsp3) is 0.409. The summed E-state index contributed by atoms with van der Waals surface area (Å²) in [7, 11) is 4.55. The Morgan fingerprint density at radius 3 is 2.74 bits per heavy atom. The minimum atomic E-state index is -0.348.